The summed E-state index contributed by atoms with van der Waals surface area (Å²) < 4.78 is 5.26. The van der Waals surface area contributed by atoms with Gasteiger partial charge in [0.25, 0.3) is 0 Å². The zero-order valence-corrected chi connectivity index (χ0v) is 11.7. The van der Waals surface area contributed by atoms with Crippen LogP contribution in [0, 0.1) is 0 Å². The topological polar surface area (TPSA) is 53.1 Å². The Balaban J connectivity index is 2.04. The number of carbonyl (C=O) groups is 2. The molecule has 0 aromatic rings. The van der Waals surface area contributed by atoms with E-state index in [0.717, 1.165) is 19.3 Å². The lowest BCUT2D eigenvalue weighted by Gasteiger charge is -2.41. The Bertz CT molecular complexity index is 329. The van der Waals surface area contributed by atoms with E-state index >= 15 is 0 Å². The van der Waals surface area contributed by atoms with Gasteiger partial charge in [-0.1, -0.05) is 0 Å². The molecule has 0 spiro atoms. The smallest absolute Gasteiger partial charge is 0.245 e. The fraction of sp³-hybridized carbons (Fsp3) is 0.846. The van der Waals surface area contributed by atoms with Gasteiger partial charge in [-0.25, -0.2) is 0 Å². The van der Waals surface area contributed by atoms with Gasteiger partial charge in [-0.15, -0.1) is 0 Å². The number of likely N-dealkylation sites (tertiary alicyclic amines) is 1. The van der Waals surface area contributed by atoms with Crippen LogP contribution in [0.4, 0.5) is 0 Å². The molecular formula is C13H23N3O3. The van der Waals surface area contributed by atoms with Crippen LogP contribution in [0.15, 0.2) is 0 Å². The van der Waals surface area contributed by atoms with Crippen molar-refractivity contribution in [3.8, 4) is 0 Å². The van der Waals surface area contributed by atoms with Gasteiger partial charge in [-0.3, -0.25) is 9.59 Å². The fourth-order valence-electron chi connectivity index (χ4n) is 2.80. The highest BCUT2D eigenvalue weighted by Gasteiger charge is 2.36. The minimum Gasteiger partial charge on any atom is -0.378 e. The second kappa shape index (κ2) is 6.34. The Hall–Kier alpha value is -1.14. The van der Waals surface area contributed by atoms with E-state index in [1.807, 2.05) is 19.0 Å². The van der Waals surface area contributed by atoms with E-state index in [-0.39, 0.29) is 11.9 Å². The molecule has 2 aliphatic rings. The molecule has 2 atom stereocenters. The van der Waals surface area contributed by atoms with Crippen LogP contribution in [-0.2, 0) is 14.3 Å². The summed E-state index contributed by atoms with van der Waals surface area (Å²) in [6.45, 7) is 3.11. The van der Waals surface area contributed by atoms with Crippen molar-refractivity contribution in [2.75, 3.05) is 46.9 Å². The lowest BCUT2D eigenvalue weighted by molar-refractivity contribution is -0.146. The van der Waals surface area contributed by atoms with E-state index in [1.54, 1.807) is 4.90 Å². The fourth-order valence-corrected chi connectivity index (χ4v) is 2.80. The van der Waals surface area contributed by atoms with Gasteiger partial charge in [0.1, 0.15) is 6.04 Å². The number of piperidine rings is 1. The number of nitrogens with zero attached hydrogens (tertiary/aromatic N) is 3. The first-order chi connectivity index (χ1) is 9.13. The molecule has 2 saturated heterocycles. The monoisotopic (exact) mass is 269 g/mol. The first-order valence-electron chi connectivity index (χ1n) is 6.87. The average Bonchev–Trinajstić information content (AvgIpc) is 2.46. The summed E-state index contributed by atoms with van der Waals surface area (Å²) >= 11 is 0. The van der Waals surface area contributed by atoms with Gasteiger partial charge in [-0.2, -0.15) is 0 Å². The van der Waals surface area contributed by atoms with Gasteiger partial charge in [0.05, 0.1) is 13.2 Å². The Kier molecular flexibility index (Phi) is 4.76. The largest absolute Gasteiger partial charge is 0.378 e. The molecule has 6 nitrogen and oxygen atoms in total. The summed E-state index contributed by atoms with van der Waals surface area (Å²) in [6.07, 6.45) is 2.47. The third-order valence-corrected chi connectivity index (χ3v) is 4.09. The first-order valence-corrected chi connectivity index (χ1v) is 6.87. The minimum atomic E-state index is -0.309. The maximum absolute atomic E-state index is 12.5. The summed E-state index contributed by atoms with van der Waals surface area (Å²) in [5.74, 6) is 0.0713. The summed E-state index contributed by atoms with van der Waals surface area (Å²) in [5, 5.41) is 0. The van der Waals surface area contributed by atoms with Crippen molar-refractivity contribution in [1.82, 2.24) is 14.7 Å². The molecule has 108 valence electrons. The van der Waals surface area contributed by atoms with Crippen LogP contribution in [0.1, 0.15) is 12.8 Å². The van der Waals surface area contributed by atoms with Crippen LogP contribution in [-0.4, -0.2) is 86.0 Å². The third-order valence-electron chi connectivity index (χ3n) is 4.09. The van der Waals surface area contributed by atoms with Crippen LogP contribution in [0.2, 0.25) is 0 Å². The molecule has 0 saturated carbocycles. The molecule has 2 rings (SSSR count). The molecule has 0 aromatic carbocycles. The lowest BCUT2D eigenvalue weighted by Crippen LogP contribution is -2.56. The summed E-state index contributed by atoms with van der Waals surface area (Å²) in [6, 6.07) is 0.0583. The van der Waals surface area contributed by atoms with Crippen LogP contribution in [0.3, 0.4) is 0 Å². The Morgan fingerprint density at radius 1 is 1.26 bits per heavy atom. The lowest BCUT2D eigenvalue weighted by atomic mass is 9.95. The van der Waals surface area contributed by atoms with Crippen molar-refractivity contribution in [2.45, 2.75) is 24.9 Å². The number of rotatable bonds is 3. The molecule has 0 aliphatic carbocycles. The standard InChI is InChI=1S/C13H23N3O3/c1-14(2)11-3-4-16(10-17)12(9-11)13(18)15-5-7-19-8-6-15/h10-12H,3-9H2,1-2H3. The normalized spacial score (nSPS) is 28.6. The second-order valence-corrected chi connectivity index (χ2v) is 5.44. The predicted molar refractivity (Wildman–Crippen MR) is 70.7 cm³/mol. The summed E-state index contributed by atoms with van der Waals surface area (Å²) in [4.78, 5) is 29.3. The van der Waals surface area contributed by atoms with Crippen LogP contribution < -0.4 is 0 Å². The summed E-state index contributed by atoms with van der Waals surface area (Å²) in [5.41, 5.74) is 0. The molecule has 0 bridgehead atoms. The molecule has 2 fully saturated rings. The quantitative estimate of drug-likeness (QED) is 0.642. The molecule has 0 N–H and O–H groups in total. The number of carbonyl (C=O) groups excluding carboxylic acids is 2. The number of ether oxygens (including phenoxy) is 1. The first kappa shape index (κ1) is 14.3. The molecule has 0 aromatic heterocycles. The van der Waals surface area contributed by atoms with Gasteiger partial charge >= 0.3 is 0 Å². The van der Waals surface area contributed by atoms with Crippen molar-refractivity contribution in [2.24, 2.45) is 0 Å². The molecule has 2 unspecified atom stereocenters. The van der Waals surface area contributed by atoms with Gasteiger partial charge in [0, 0.05) is 25.7 Å². The van der Waals surface area contributed by atoms with E-state index in [9.17, 15) is 9.59 Å². The third kappa shape index (κ3) is 3.25. The van der Waals surface area contributed by atoms with Crippen molar-refractivity contribution in [3.63, 3.8) is 0 Å². The van der Waals surface area contributed by atoms with E-state index in [4.69, 9.17) is 4.74 Å². The van der Waals surface area contributed by atoms with Crippen LogP contribution >= 0.6 is 0 Å². The molecule has 19 heavy (non-hydrogen) atoms. The maximum Gasteiger partial charge on any atom is 0.245 e. The molecule has 2 heterocycles. The molecular weight excluding hydrogens is 246 g/mol. The van der Waals surface area contributed by atoms with E-state index in [1.165, 1.54) is 0 Å². The number of amides is 2. The number of hydrogen-bond donors (Lipinski definition) is 0. The van der Waals surface area contributed by atoms with Crippen LogP contribution in [0.5, 0.6) is 0 Å². The Labute approximate surface area is 114 Å². The highest BCUT2D eigenvalue weighted by Crippen LogP contribution is 2.21. The van der Waals surface area contributed by atoms with E-state index in [0.29, 0.717) is 38.9 Å². The van der Waals surface area contributed by atoms with Crippen molar-refractivity contribution in [3.05, 3.63) is 0 Å². The SMILES string of the molecule is CN(C)C1CCN(C=O)C(C(=O)N2CCOCC2)C1. The second-order valence-electron chi connectivity index (χ2n) is 5.44. The molecule has 2 aliphatic heterocycles. The highest BCUT2D eigenvalue weighted by atomic mass is 16.5. The molecule has 0 radical (unpaired) electrons. The predicted octanol–water partition coefficient (Wildman–Crippen LogP) is -0.604. The van der Waals surface area contributed by atoms with Crippen molar-refractivity contribution >= 4 is 12.3 Å². The van der Waals surface area contributed by atoms with Gasteiger partial charge in [0.2, 0.25) is 12.3 Å². The van der Waals surface area contributed by atoms with Crippen LogP contribution in [0.25, 0.3) is 0 Å². The maximum atomic E-state index is 12.5. The highest BCUT2D eigenvalue weighted by molar-refractivity contribution is 5.84. The van der Waals surface area contributed by atoms with Crippen molar-refractivity contribution < 1.29 is 14.3 Å². The minimum absolute atomic E-state index is 0.0713. The van der Waals surface area contributed by atoms with Gasteiger partial charge < -0.3 is 19.4 Å². The van der Waals surface area contributed by atoms with E-state index < -0.39 is 0 Å². The number of morpholine rings is 1. The molecule has 2 amide bonds. The molecule has 6 heteroatoms. The Morgan fingerprint density at radius 2 is 1.95 bits per heavy atom. The number of hydrogen-bond acceptors (Lipinski definition) is 4. The van der Waals surface area contributed by atoms with Gasteiger partial charge in [0.15, 0.2) is 0 Å². The average molecular weight is 269 g/mol. The zero-order valence-electron chi connectivity index (χ0n) is 11.7. The summed E-state index contributed by atoms with van der Waals surface area (Å²) in [7, 11) is 4.05. The zero-order chi connectivity index (χ0) is 13.8. The Morgan fingerprint density at radius 3 is 2.53 bits per heavy atom. The van der Waals surface area contributed by atoms with Gasteiger partial charge in [-0.05, 0) is 26.9 Å². The van der Waals surface area contributed by atoms with E-state index in [2.05, 4.69) is 4.90 Å². The van der Waals surface area contributed by atoms with Crippen molar-refractivity contribution in [1.29, 1.82) is 0 Å².